The topological polar surface area (TPSA) is 38.5 Å². The van der Waals surface area contributed by atoms with E-state index in [-0.39, 0.29) is 13.2 Å². The molecule has 0 aliphatic carbocycles. The minimum absolute atomic E-state index is 0.236. The summed E-state index contributed by atoms with van der Waals surface area (Å²) in [6.45, 7) is 3.02. The monoisotopic (exact) mass is 262 g/mol. The van der Waals surface area contributed by atoms with Crippen molar-refractivity contribution in [1.82, 2.24) is 4.90 Å². The Morgan fingerprint density at radius 1 is 1.22 bits per heavy atom. The predicted molar refractivity (Wildman–Crippen MR) is 63.8 cm³/mol. The van der Waals surface area contributed by atoms with Crippen molar-refractivity contribution in [3.8, 4) is 0 Å². The van der Waals surface area contributed by atoms with E-state index >= 15 is 0 Å². The summed E-state index contributed by atoms with van der Waals surface area (Å²) < 4.78 is 39.2. The molecule has 0 radical (unpaired) electrons. The van der Waals surface area contributed by atoms with Gasteiger partial charge in [-0.1, -0.05) is 19.1 Å². The number of hydrogen-bond donors (Lipinski definition) is 1. The van der Waals surface area contributed by atoms with Gasteiger partial charge in [-0.2, -0.15) is 0 Å². The first kappa shape index (κ1) is 14.8. The van der Waals surface area contributed by atoms with Crippen LogP contribution in [0.5, 0.6) is 0 Å². The van der Waals surface area contributed by atoms with Crippen molar-refractivity contribution >= 4 is 5.69 Å². The standard InChI is InChI=1S/C12H17F3N2O/c1-2-17(7-8-18-12(13,14)15)9-10-3-5-11(16)6-4-10/h3-6H,2,7-9,16H2,1H3. The van der Waals surface area contributed by atoms with Gasteiger partial charge in [-0.3, -0.25) is 9.64 Å². The van der Waals surface area contributed by atoms with E-state index in [1.165, 1.54) is 0 Å². The van der Waals surface area contributed by atoms with E-state index in [4.69, 9.17) is 5.73 Å². The highest BCUT2D eigenvalue weighted by Crippen LogP contribution is 2.16. The number of nitrogen functional groups attached to an aromatic ring is 1. The Hall–Kier alpha value is -1.27. The largest absolute Gasteiger partial charge is 0.522 e. The van der Waals surface area contributed by atoms with Gasteiger partial charge in [-0.25, -0.2) is 0 Å². The van der Waals surface area contributed by atoms with Gasteiger partial charge >= 0.3 is 6.36 Å². The molecule has 0 aromatic heterocycles. The van der Waals surface area contributed by atoms with Crippen LogP contribution in [0.1, 0.15) is 12.5 Å². The lowest BCUT2D eigenvalue weighted by molar-refractivity contribution is -0.325. The van der Waals surface area contributed by atoms with Crippen LogP contribution in [-0.2, 0) is 11.3 Å². The molecule has 18 heavy (non-hydrogen) atoms. The maximum absolute atomic E-state index is 11.8. The average Bonchev–Trinajstić information content (AvgIpc) is 2.29. The molecule has 1 aromatic rings. The summed E-state index contributed by atoms with van der Waals surface area (Å²) in [5, 5.41) is 0. The van der Waals surface area contributed by atoms with Crippen LogP contribution in [0.15, 0.2) is 24.3 Å². The van der Waals surface area contributed by atoms with Gasteiger partial charge in [-0.05, 0) is 24.2 Å². The minimum Gasteiger partial charge on any atom is -0.399 e. The Morgan fingerprint density at radius 3 is 2.33 bits per heavy atom. The number of halogens is 3. The quantitative estimate of drug-likeness (QED) is 0.801. The maximum Gasteiger partial charge on any atom is 0.522 e. The van der Waals surface area contributed by atoms with Gasteiger partial charge in [0.25, 0.3) is 0 Å². The van der Waals surface area contributed by atoms with Crippen LogP contribution in [0, 0.1) is 0 Å². The fraction of sp³-hybridized carbons (Fsp3) is 0.500. The van der Waals surface area contributed by atoms with Crippen LogP contribution >= 0.6 is 0 Å². The van der Waals surface area contributed by atoms with Crippen LogP contribution in [-0.4, -0.2) is 31.0 Å². The molecule has 0 atom stereocenters. The summed E-state index contributed by atoms with van der Waals surface area (Å²) in [6.07, 6.45) is -4.55. The summed E-state index contributed by atoms with van der Waals surface area (Å²) in [5.74, 6) is 0. The number of anilines is 1. The van der Waals surface area contributed by atoms with Crippen LogP contribution in [0.25, 0.3) is 0 Å². The molecule has 102 valence electrons. The first-order valence-electron chi connectivity index (χ1n) is 5.68. The Kier molecular flexibility index (Phi) is 5.43. The Labute approximate surface area is 104 Å². The van der Waals surface area contributed by atoms with Gasteiger partial charge in [-0.15, -0.1) is 13.2 Å². The van der Waals surface area contributed by atoms with E-state index in [2.05, 4.69) is 4.74 Å². The summed E-state index contributed by atoms with van der Waals surface area (Å²) >= 11 is 0. The number of alkyl halides is 3. The van der Waals surface area contributed by atoms with Gasteiger partial charge in [0.1, 0.15) is 0 Å². The minimum atomic E-state index is -4.55. The van der Waals surface area contributed by atoms with E-state index in [9.17, 15) is 13.2 Å². The van der Waals surface area contributed by atoms with Crippen molar-refractivity contribution in [3.63, 3.8) is 0 Å². The van der Waals surface area contributed by atoms with Crippen molar-refractivity contribution in [2.45, 2.75) is 19.8 Å². The maximum atomic E-state index is 11.8. The van der Waals surface area contributed by atoms with Crippen LogP contribution in [0.3, 0.4) is 0 Å². The zero-order valence-corrected chi connectivity index (χ0v) is 10.2. The van der Waals surface area contributed by atoms with Crippen LogP contribution < -0.4 is 5.73 Å². The van der Waals surface area contributed by atoms with Gasteiger partial charge in [0.15, 0.2) is 0 Å². The molecule has 0 saturated carbocycles. The third-order valence-electron chi connectivity index (χ3n) is 2.51. The molecule has 0 amide bonds. The number of benzene rings is 1. The van der Waals surface area contributed by atoms with E-state index < -0.39 is 6.36 Å². The number of ether oxygens (including phenoxy) is 1. The molecule has 6 heteroatoms. The lowest BCUT2D eigenvalue weighted by atomic mass is 10.2. The number of hydrogen-bond acceptors (Lipinski definition) is 3. The number of likely N-dealkylation sites (N-methyl/N-ethyl adjacent to an activating group) is 1. The molecule has 0 spiro atoms. The highest BCUT2D eigenvalue weighted by atomic mass is 19.4. The SMILES string of the molecule is CCN(CCOC(F)(F)F)Cc1ccc(N)cc1. The average molecular weight is 262 g/mol. The third kappa shape index (κ3) is 5.88. The summed E-state index contributed by atoms with van der Waals surface area (Å²) in [6, 6.07) is 7.27. The fourth-order valence-electron chi connectivity index (χ4n) is 1.52. The zero-order chi connectivity index (χ0) is 13.6. The number of nitrogens with two attached hydrogens (primary N) is 1. The highest BCUT2D eigenvalue weighted by molar-refractivity contribution is 5.39. The lowest BCUT2D eigenvalue weighted by Crippen LogP contribution is -2.29. The molecule has 1 aromatic carbocycles. The van der Waals surface area contributed by atoms with Crippen LogP contribution in [0.4, 0.5) is 18.9 Å². The second-order valence-corrected chi connectivity index (χ2v) is 3.90. The number of rotatable bonds is 6. The molecular weight excluding hydrogens is 245 g/mol. The molecule has 0 bridgehead atoms. The third-order valence-corrected chi connectivity index (χ3v) is 2.51. The summed E-state index contributed by atoms with van der Waals surface area (Å²) in [4.78, 5) is 1.87. The molecular formula is C12H17F3N2O. The van der Waals surface area contributed by atoms with E-state index in [1.807, 2.05) is 24.0 Å². The molecule has 3 nitrogen and oxygen atoms in total. The van der Waals surface area contributed by atoms with Gasteiger partial charge < -0.3 is 5.73 Å². The second-order valence-electron chi connectivity index (χ2n) is 3.90. The molecule has 0 heterocycles. The van der Waals surface area contributed by atoms with E-state index in [0.29, 0.717) is 18.8 Å². The van der Waals surface area contributed by atoms with Crippen molar-refractivity contribution in [2.75, 3.05) is 25.4 Å². The van der Waals surface area contributed by atoms with Gasteiger partial charge in [0.2, 0.25) is 0 Å². The normalized spacial score (nSPS) is 12.1. The summed E-state index contributed by atoms with van der Waals surface area (Å²) in [5.41, 5.74) is 7.24. The molecule has 0 saturated heterocycles. The first-order valence-corrected chi connectivity index (χ1v) is 5.68. The number of nitrogens with zero attached hydrogens (tertiary/aromatic N) is 1. The van der Waals surface area contributed by atoms with Gasteiger partial charge in [0.05, 0.1) is 6.61 Å². The smallest absolute Gasteiger partial charge is 0.399 e. The molecule has 0 fully saturated rings. The Balaban J connectivity index is 2.40. The van der Waals surface area contributed by atoms with E-state index in [0.717, 1.165) is 5.56 Å². The highest BCUT2D eigenvalue weighted by Gasteiger charge is 2.28. The van der Waals surface area contributed by atoms with Crippen molar-refractivity contribution in [3.05, 3.63) is 29.8 Å². The van der Waals surface area contributed by atoms with Crippen LogP contribution in [0.2, 0.25) is 0 Å². The lowest BCUT2D eigenvalue weighted by Gasteiger charge is -2.20. The molecule has 0 unspecified atom stereocenters. The predicted octanol–water partition coefficient (Wildman–Crippen LogP) is 2.63. The first-order chi connectivity index (χ1) is 8.40. The van der Waals surface area contributed by atoms with E-state index in [1.54, 1.807) is 12.1 Å². The van der Waals surface area contributed by atoms with Crippen molar-refractivity contribution < 1.29 is 17.9 Å². The van der Waals surface area contributed by atoms with Crippen molar-refractivity contribution in [1.29, 1.82) is 0 Å². The Bertz CT molecular complexity index is 351. The van der Waals surface area contributed by atoms with Crippen molar-refractivity contribution in [2.24, 2.45) is 0 Å². The zero-order valence-electron chi connectivity index (χ0n) is 10.2. The fourth-order valence-corrected chi connectivity index (χ4v) is 1.52. The van der Waals surface area contributed by atoms with Gasteiger partial charge in [0, 0.05) is 18.8 Å². The molecule has 0 aliphatic rings. The molecule has 0 aliphatic heterocycles. The molecule has 1 rings (SSSR count). The molecule has 2 N–H and O–H groups in total. The second kappa shape index (κ2) is 6.61. The Morgan fingerprint density at radius 2 is 1.83 bits per heavy atom. The summed E-state index contributed by atoms with van der Waals surface area (Å²) in [7, 11) is 0.